The molecule has 0 saturated carbocycles. The molecular formula is C27H27O9P. The van der Waals surface area contributed by atoms with Crippen LogP contribution in [-0.4, -0.2) is 22.6 Å². The third-order valence-corrected chi connectivity index (χ3v) is 5.92. The first-order valence-corrected chi connectivity index (χ1v) is 13.1. The van der Waals surface area contributed by atoms with E-state index in [1.165, 1.54) is 42.5 Å². The van der Waals surface area contributed by atoms with E-state index in [4.69, 9.17) is 18.5 Å². The van der Waals surface area contributed by atoms with Gasteiger partial charge in [-0.15, -0.1) is 0 Å². The van der Waals surface area contributed by atoms with E-state index in [2.05, 4.69) is 0 Å². The molecular weight excluding hydrogens is 499 g/mol. The maximum Gasteiger partial charge on any atom is 0.584 e. The van der Waals surface area contributed by atoms with Crippen LogP contribution in [0.2, 0.25) is 0 Å². The van der Waals surface area contributed by atoms with Gasteiger partial charge in [0.05, 0.1) is 5.56 Å². The number of phosphoric ester groups is 1. The van der Waals surface area contributed by atoms with Crippen molar-refractivity contribution in [2.45, 2.75) is 39.5 Å². The molecule has 3 rings (SSSR count). The lowest BCUT2D eigenvalue weighted by Gasteiger charge is -2.14. The fourth-order valence-corrected chi connectivity index (χ4v) is 3.97. The highest BCUT2D eigenvalue weighted by molar-refractivity contribution is 7.48. The van der Waals surface area contributed by atoms with Crippen molar-refractivity contribution in [3.8, 4) is 23.0 Å². The molecule has 0 radical (unpaired) electrons. The Hall–Kier alpha value is -3.94. The van der Waals surface area contributed by atoms with Crippen LogP contribution in [-0.2, 0) is 20.6 Å². The summed E-state index contributed by atoms with van der Waals surface area (Å²) in [5.74, 6) is -0.727. The summed E-state index contributed by atoms with van der Waals surface area (Å²) in [5.41, 5.74) is 0.968. The van der Waals surface area contributed by atoms with Gasteiger partial charge in [-0.1, -0.05) is 44.2 Å². The summed E-state index contributed by atoms with van der Waals surface area (Å²) in [5, 5.41) is 0. The monoisotopic (exact) mass is 526 g/mol. The molecule has 194 valence electrons. The minimum Gasteiger partial charge on any atom is -0.426 e. The van der Waals surface area contributed by atoms with Crippen molar-refractivity contribution >= 4 is 25.5 Å². The molecule has 0 aliphatic carbocycles. The van der Waals surface area contributed by atoms with E-state index >= 15 is 0 Å². The maximum atomic E-state index is 12.9. The van der Waals surface area contributed by atoms with Crippen molar-refractivity contribution in [3.05, 3.63) is 83.9 Å². The topological polar surface area (TPSA) is 125 Å². The highest BCUT2D eigenvalue weighted by Crippen LogP contribution is 2.44. The van der Waals surface area contributed by atoms with Crippen LogP contribution in [0.1, 0.15) is 49.0 Å². The minimum atomic E-state index is -4.38. The molecule has 0 aromatic heterocycles. The number of ether oxygens (including phenoxy) is 2. The first-order valence-electron chi connectivity index (χ1n) is 11.6. The van der Waals surface area contributed by atoms with Crippen molar-refractivity contribution in [1.29, 1.82) is 0 Å². The lowest BCUT2D eigenvalue weighted by molar-refractivity contribution is -0.134. The first-order chi connectivity index (χ1) is 17.7. The van der Waals surface area contributed by atoms with Crippen molar-refractivity contribution in [2.75, 3.05) is 0 Å². The molecule has 1 N–H and O–H groups in total. The standard InChI is InChI=1S/C27H27O9P/c1-3-26(29)33-22-15-16-23(25(18-22)34-27(30)4-2)24(28)17-12-19-10-13-21(14-11-19)36-37(31,32)35-20-8-6-5-7-9-20/h5-11,13-16,18H,3-4,12,17H2,1-2H3,(H,31,32). The van der Waals surface area contributed by atoms with Gasteiger partial charge in [-0.05, 0) is 48.4 Å². The molecule has 0 aliphatic rings. The molecule has 3 aromatic carbocycles. The Balaban J connectivity index is 1.64. The van der Waals surface area contributed by atoms with Gasteiger partial charge in [0.15, 0.2) is 5.78 Å². The lowest BCUT2D eigenvalue weighted by Crippen LogP contribution is -2.12. The van der Waals surface area contributed by atoms with Crippen LogP contribution < -0.4 is 18.5 Å². The van der Waals surface area contributed by atoms with Crippen LogP contribution in [0.5, 0.6) is 23.0 Å². The number of hydrogen-bond acceptors (Lipinski definition) is 8. The van der Waals surface area contributed by atoms with Crippen molar-refractivity contribution in [3.63, 3.8) is 0 Å². The number of Topliss-reactive ketones (excluding diaryl/α,β-unsaturated/α-hetero) is 1. The van der Waals surface area contributed by atoms with Crippen molar-refractivity contribution in [2.24, 2.45) is 0 Å². The molecule has 9 nitrogen and oxygen atoms in total. The van der Waals surface area contributed by atoms with E-state index < -0.39 is 19.8 Å². The summed E-state index contributed by atoms with van der Waals surface area (Å²) < 4.78 is 32.8. The van der Waals surface area contributed by atoms with Gasteiger partial charge in [-0.3, -0.25) is 19.3 Å². The van der Waals surface area contributed by atoms with E-state index in [-0.39, 0.29) is 53.6 Å². The molecule has 0 heterocycles. The number of hydrogen-bond donors (Lipinski definition) is 1. The quantitative estimate of drug-likeness (QED) is 0.137. The SMILES string of the molecule is CCC(=O)Oc1ccc(C(=O)CCc2ccc(OP(=O)(O)Oc3ccccc3)cc2)c(OC(=O)CC)c1. The van der Waals surface area contributed by atoms with E-state index in [1.807, 2.05) is 0 Å². The molecule has 1 unspecified atom stereocenters. The summed E-state index contributed by atoms with van der Waals surface area (Å²) >= 11 is 0. The number of ketones is 1. The summed E-state index contributed by atoms with van der Waals surface area (Å²) in [6, 6.07) is 18.8. The zero-order valence-electron chi connectivity index (χ0n) is 20.4. The van der Waals surface area contributed by atoms with Gasteiger partial charge in [0.1, 0.15) is 23.0 Å². The van der Waals surface area contributed by atoms with Crippen LogP contribution in [0.15, 0.2) is 72.8 Å². The fourth-order valence-electron chi connectivity index (χ4n) is 3.16. The molecule has 3 aromatic rings. The van der Waals surface area contributed by atoms with E-state index in [9.17, 15) is 23.8 Å². The van der Waals surface area contributed by atoms with E-state index in [1.54, 1.807) is 44.2 Å². The summed E-state index contributed by atoms with van der Waals surface area (Å²) in [4.78, 5) is 46.3. The number of carbonyl (C=O) groups is 3. The van der Waals surface area contributed by atoms with Crippen molar-refractivity contribution < 1.29 is 42.4 Å². The Kier molecular flexibility index (Phi) is 9.60. The van der Waals surface area contributed by atoms with Gasteiger partial charge < -0.3 is 18.5 Å². The number of benzene rings is 3. The van der Waals surface area contributed by atoms with Gasteiger partial charge >= 0.3 is 19.8 Å². The number of aryl methyl sites for hydroxylation is 1. The molecule has 0 aliphatic heterocycles. The average Bonchev–Trinajstić information content (AvgIpc) is 2.88. The number of phosphoric acid groups is 1. The number of rotatable bonds is 12. The van der Waals surface area contributed by atoms with Crippen molar-refractivity contribution in [1.82, 2.24) is 0 Å². The fraction of sp³-hybridized carbons (Fsp3) is 0.222. The van der Waals surface area contributed by atoms with Crippen LogP contribution in [0.3, 0.4) is 0 Å². The smallest absolute Gasteiger partial charge is 0.426 e. The van der Waals surface area contributed by atoms with E-state index in [0.717, 1.165) is 5.56 Å². The number of para-hydroxylation sites is 1. The third kappa shape index (κ3) is 8.59. The highest BCUT2D eigenvalue weighted by Gasteiger charge is 2.25. The van der Waals surface area contributed by atoms with Crippen LogP contribution >= 0.6 is 7.82 Å². The molecule has 0 saturated heterocycles. The van der Waals surface area contributed by atoms with Gasteiger partial charge in [-0.2, -0.15) is 0 Å². The van der Waals surface area contributed by atoms with Gasteiger partial charge in [0, 0.05) is 25.3 Å². The molecule has 10 heteroatoms. The largest absolute Gasteiger partial charge is 0.584 e. The molecule has 37 heavy (non-hydrogen) atoms. The highest BCUT2D eigenvalue weighted by atomic mass is 31.2. The Labute approximate surface area is 214 Å². The number of esters is 2. The lowest BCUT2D eigenvalue weighted by atomic mass is 10.0. The summed E-state index contributed by atoms with van der Waals surface area (Å²) in [7, 11) is -4.38. The van der Waals surface area contributed by atoms with Crippen LogP contribution in [0, 0.1) is 0 Å². The maximum absolute atomic E-state index is 12.9. The Morgan fingerprint density at radius 2 is 1.32 bits per heavy atom. The summed E-state index contributed by atoms with van der Waals surface area (Å²) in [6.45, 7) is 3.28. The number of carbonyl (C=O) groups excluding carboxylic acids is 3. The van der Waals surface area contributed by atoms with Crippen LogP contribution in [0.25, 0.3) is 0 Å². The van der Waals surface area contributed by atoms with Gasteiger partial charge in [0.2, 0.25) is 0 Å². The predicted octanol–water partition coefficient (Wildman–Crippen LogP) is 5.69. The zero-order chi connectivity index (χ0) is 26.8. The molecule has 0 bridgehead atoms. The average molecular weight is 526 g/mol. The molecule has 0 spiro atoms. The van der Waals surface area contributed by atoms with Crippen LogP contribution in [0.4, 0.5) is 0 Å². The van der Waals surface area contributed by atoms with E-state index in [0.29, 0.717) is 6.42 Å². The summed E-state index contributed by atoms with van der Waals surface area (Å²) in [6.07, 6.45) is 0.730. The molecule has 1 atom stereocenters. The van der Waals surface area contributed by atoms with Gasteiger partial charge in [-0.25, -0.2) is 4.57 Å². The normalized spacial score (nSPS) is 12.2. The predicted molar refractivity (Wildman–Crippen MR) is 135 cm³/mol. The first kappa shape index (κ1) is 27.6. The Morgan fingerprint density at radius 3 is 1.95 bits per heavy atom. The van der Waals surface area contributed by atoms with Gasteiger partial charge in [0.25, 0.3) is 0 Å². The second-order valence-corrected chi connectivity index (χ2v) is 9.15. The minimum absolute atomic E-state index is 0.0270. The second-order valence-electron chi connectivity index (χ2n) is 7.84. The Morgan fingerprint density at radius 1 is 0.757 bits per heavy atom. The second kappa shape index (κ2) is 12.9. The third-order valence-electron chi connectivity index (χ3n) is 5.04. The molecule has 0 amide bonds. The zero-order valence-corrected chi connectivity index (χ0v) is 21.3. The molecule has 0 fully saturated rings. The Bertz CT molecular complexity index is 1290.